The van der Waals surface area contributed by atoms with Crippen molar-refractivity contribution in [3.8, 4) is 0 Å². The Bertz CT molecular complexity index is 612. The van der Waals surface area contributed by atoms with Gasteiger partial charge in [-0.1, -0.05) is 12.1 Å². The van der Waals surface area contributed by atoms with Gasteiger partial charge < -0.3 is 10.4 Å². The number of aliphatic hydroxyl groups is 1. The highest BCUT2D eigenvalue weighted by Crippen LogP contribution is 2.29. The van der Waals surface area contributed by atoms with E-state index in [-0.39, 0.29) is 6.54 Å². The summed E-state index contributed by atoms with van der Waals surface area (Å²) >= 11 is 1.34. The number of nitrogens with one attached hydrogen (secondary N) is 2. The Hall–Kier alpha value is -2.06. The molecule has 0 aliphatic carbocycles. The first-order valence-electron chi connectivity index (χ1n) is 6.30. The molecular formula is C14H13F3N2O2S. The molecule has 4 nitrogen and oxygen atoms in total. The Morgan fingerprint density at radius 1 is 1.23 bits per heavy atom. The maximum Gasteiger partial charge on any atom is 0.416 e. The fourth-order valence-corrected chi connectivity index (χ4v) is 2.32. The second-order valence-electron chi connectivity index (χ2n) is 4.45. The van der Waals surface area contributed by atoms with E-state index in [9.17, 15) is 23.1 Å². The molecule has 22 heavy (non-hydrogen) atoms. The molecule has 0 fully saturated rings. The lowest BCUT2D eigenvalue weighted by atomic mass is 10.1. The number of anilines is 1. The van der Waals surface area contributed by atoms with Crippen LogP contribution in [0, 0.1) is 0 Å². The van der Waals surface area contributed by atoms with Gasteiger partial charge in [0.05, 0.1) is 16.7 Å². The minimum atomic E-state index is -4.41. The van der Waals surface area contributed by atoms with Crippen LogP contribution in [0.15, 0.2) is 41.8 Å². The molecule has 2 aromatic rings. The average Bonchev–Trinajstić information content (AvgIpc) is 2.97. The second kappa shape index (κ2) is 6.80. The van der Waals surface area contributed by atoms with Crippen molar-refractivity contribution in [3.63, 3.8) is 0 Å². The number of urea groups is 1. The van der Waals surface area contributed by atoms with Crippen molar-refractivity contribution < 1.29 is 23.1 Å². The topological polar surface area (TPSA) is 61.4 Å². The molecule has 1 aromatic carbocycles. The lowest BCUT2D eigenvalue weighted by Gasteiger charge is -2.14. The zero-order valence-electron chi connectivity index (χ0n) is 11.2. The molecule has 0 aliphatic rings. The predicted octanol–water partition coefficient (Wildman–Crippen LogP) is 3.62. The van der Waals surface area contributed by atoms with Gasteiger partial charge in [0.15, 0.2) is 0 Å². The lowest BCUT2D eigenvalue weighted by Crippen LogP contribution is -2.32. The molecule has 0 unspecified atom stereocenters. The second-order valence-corrected chi connectivity index (χ2v) is 5.40. The van der Waals surface area contributed by atoms with Crippen molar-refractivity contribution in [2.24, 2.45) is 0 Å². The molecule has 0 saturated carbocycles. The third kappa shape index (κ3) is 4.47. The third-order valence-electron chi connectivity index (χ3n) is 2.84. The third-order valence-corrected chi connectivity index (χ3v) is 3.62. The normalized spacial score (nSPS) is 12.7. The number of carbonyl (C=O) groups is 1. The molecule has 0 saturated heterocycles. The van der Waals surface area contributed by atoms with Crippen LogP contribution in [0.4, 0.5) is 23.0 Å². The highest BCUT2D eigenvalue weighted by atomic mass is 32.1. The molecule has 1 aromatic heterocycles. The van der Waals surface area contributed by atoms with Crippen molar-refractivity contribution in [1.82, 2.24) is 5.32 Å². The number of carbonyl (C=O) groups excluding carboxylic acids is 1. The number of rotatable bonds is 4. The number of amides is 2. The molecule has 3 N–H and O–H groups in total. The minimum absolute atomic E-state index is 0.109. The van der Waals surface area contributed by atoms with Crippen molar-refractivity contribution in [3.05, 3.63) is 52.9 Å². The van der Waals surface area contributed by atoms with E-state index in [2.05, 4.69) is 10.6 Å². The van der Waals surface area contributed by atoms with E-state index in [1.54, 1.807) is 17.5 Å². The Morgan fingerprint density at radius 3 is 2.45 bits per heavy atom. The summed E-state index contributed by atoms with van der Waals surface area (Å²) in [4.78, 5) is 11.6. The monoisotopic (exact) mass is 330 g/mol. The lowest BCUT2D eigenvalue weighted by molar-refractivity contribution is -0.137. The average molecular weight is 330 g/mol. The highest BCUT2D eigenvalue weighted by Gasteiger charge is 2.30. The fourth-order valence-electron chi connectivity index (χ4n) is 1.71. The van der Waals surface area contributed by atoms with E-state index in [4.69, 9.17) is 0 Å². The zero-order valence-corrected chi connectivity index (χ0v) is 12.0. The van der Waals surface area contributed by atoms with Gasteiger partial charge in [-0.25, -0.2) is 4.79 Å². The molecule has 0 aliphatic heterocycles. The summed E-state index contributed by atoms with van der Waals surface area (Å²) in [5.74, 6) is 0. The maximum absolute atomic E-state index is 12.4. The molecule has 1 heterocycles. The van der Waals surface area contributed by atoms with Crippen LogP contribution >= 0.6 is 11.3 Å². The van der Waals surface area contributed by atoms with Gasteiger partial charge >= 0.3 is 12.2 Å². The summed E-state index contributed by atoms with van der Waals surface area (Å²) in [6.07, 6.45) is -5.50. The van der Waals surface area contributed by atoms with Gasteiger partial charge in [-0.15, -0.1) is 11.3 Å². The number of hydrogen-bond acceptors (Lipinski definition) is 3. The Kier molecular flexibility index (Phi) is 5.04. The van der Waals surface area contributed by atoms with Crippen LogP contribution in [-0.2, 0) is 6.18 Å². The van der Waals surface area contributed by atoms with Crippen molar-refractivity contribution in [2.75, 3.05) is 11.9 Å². The molecule has 0 radical (unpaired) electrons. The van der Waals surface area contributed by atoms with Crippen molar-refractivity contribution in [1.29, 1.82) is 0 Å². The minimum Gasteiger partial charge on any atom is -0.387 e. The first kappa shape index (κ1) is 16.3. The van der Waals surface area contributed by atoms with Crippen LogP contribution in [0.2, 0.25) is 0 Å². The van der Waals surface area contributed by atoms with Crippen LogP contribution in [-0.4, -0.2) is 17.7 Å². The molecule has 118 valence electrons. The molecule has 8 heteroatoms. The van der Waals surface area contributed by atoms with E-state index >= 15 is 0 Å². The number of halogens is 3. The van der Waals surface area contributed by atoms with E-state index in [0.717, 1.165) is 12.1 Å². The molecular weight excluding hydrogens is 317 g/mol. The van der Waals surface area contributed by atoms with Crippen LogP contribution < -0.4 is 10.6 Å². The predicted molar refractivity (Wildman–Crippen MR) is 77.7 cm³/mol. The molecule has 0 spiro atoms. The Morgan fingerprint density at radius 2 is 1.91 bits per heavy atom. The zero-order chi connectivity index (χ0) is 16.2. The Balaban J connectivity index is 1.86. The van der Waals surface area contributed by atoms with E-state index in [1.807, 2.05) is 0 Å². The van der Waals surface area contributed by atoms with Gasteiger partial charge in [0.2, 0.25) is 0 Å². The van der Waals surface area contributed by atoms with Crippen LogP contribution in [0.5, 0.6) is 0 Å². The first-order valence-corrected chi connectivity index (χ1v) is 7.18. The van der Waals surface area contributed by atoms with Crippen molar-refractivity contribution >= 4 is 22.4 Å². The number of hydrogen-bond donors (Lipinski definition) is 3. The molecule has 2 amide bonds. The van der Waals surface area contributed by atoms with Gasteiger partial charge in [-0.05, 0) is 35.2 Å². The highest BCUT2D eigenvalue weighted by molar-refractivity contribution is 7.14. The van der Waals surface area contributed by atoms with Gasteiger partial charge in [0, 0.05) is 6.54 Å². The summed E-state index contributed by atoms with van der Waals surface area (Å²) in [6.45, 7) is -0.109. The molecule has 0 bridgehead atoms. The maximum atomic E-state index is 12.4. The van der Waals surface area contributed by atoms with Crippen molar-refractivity contribution in [2.45, 2.75) is 12.3 Å². The van der Waals surface area contributed by atoms with Gasteiger partial charge in [-0.3, -0.25) is 5.32 Å². The number of benzene rings is 1. The van der Waals surface area contributed by atoms with Crippen LogP contribution in [0.1, 0.15) is 17.2 Å². The summed E-state index contributed by atoms with van der Waals surface area (Å²) in [7, 11) is 0. The fraction of sp³-hybridized carbons (Fsp3) is 0.214. The SMILES string of the molecule is O=C(NC[C@@H](O)c1ccc(C(F)(F)F)cc1)Nc1cccs1. The largest absolute Gasteiger partial charge is 0.416 e. The van der Waals surface area contributed by atoms with Crippen LogP contribution in [0.3, 0.4) is 0 Å². The van der Waals surface area contributed by atoms with Gasteiger partial charge in [0.25, 0.3) is 0 Å². The van der Waals surface area contributed by atoms with E-state index in [1.165, 1.54) is 23.5 Å². The summed E-state index contributed by atoms with van der Waals surface area (Å²) in [5.41, 5.74) is -0.490. The standard InChI is InChI=1S/C14H13F3N2O2S/c15-14(16,17)10-5-3-9(4-6-10)11(20)8-18-13(21)19-12-2-1-7-22-12/h1-7,11,20H,8H2,(H2,18,19,21)/t11-/m1/s1. The van der Waals surface area contributed by atoms with E-state index in [0.29, 0.717) is 10.6 Å². The smallest absolute Gasteiger partial charge is 0.387 e. The quantitative estimate of drug-likeness (QED) is 0.802. The van der Waals surface area contributed by atoms with E-state index < -0.39 is 23.9 Å². The number of aliphatic hydroxyl groups excluding tert-OH is 1. The summed E-state index contributed by atoms with van der Waals surface area (Å²) < 4.78 is 37.3. The molecule has 2 rings (SSSR count). The first-order chi connectivity index (χ1) is 10.4. The number of thiophene rings is 1. The van der Waals surface area contributed by atoms with Crippen LogP contribution in [0.25, 0.3) is 0 Å². The Labute approximate surface area is 128 Å². The van der Waals surface area contributed by atoms with Gasteiger partial charge in [-0.2, -0.15) is 13.2 Å². The summed E-state index contributed by atoms with van der Waals surface area (Å²) in [6, 6.07) is 7.16. The molecule has 1 atom stereocenters. The van der Waals surface area contributed by atoms with Gasteiger partial charge in [0.1, 0.15) is 0 Å². The number of alkyl halides is 3. The summed E-state index contributed by atoms with van der Waals surface area (Å²) in [5, 5.41) is 17.3.